The topological polar surface area (TPSA) is 70.7 Å². The maximum absolute atomic E-state index is 12.8. The first-order valence-corrected chi connectivity index (χ1v) is 9.20. The van der Waals surface area contributed by atoms with Crippen molar-refractivity contribution in [2.45, 2.75) is 63.9 Å². The predicted octanol–water partition coefficient (Wildman–Crippen LogP) is 3.94. The standard InChI is InChI=1S/C19H24F3N3O3/c1-18(2,3)28-17(27)25-14-8-7-11(9-14)15(25)16(26)24-23-13-6-4-5-12(10-13)19(20,21)22/h4-6,10-11,14-15,23H,7-9H2,1-3H3,(H,24,26). The molecule has 9 heteroatoms. The van der Waals surface area contributed by atoms with Crippen molar-refractivity contribution in [1.29, 1.82) is 0 Å². The van der Waals surface area contributed by atoms with E-state index in [1.54, 1.807) is 20.8 Å². The van der Waals surface area contributed by atoms with E-state index in [2.05, 4.69) is 10.9 Å². The summed E-state index contributed by atoms with van der Waals surface area (Å²) < 4.78 is 43.9. The SMILES string of the molecule is CC(C)(C)OC(=O)N1C2CCC(C2)C1C(=O)NNc1cccc(C(F)(F)F)c1. The van der Waals surface area contributed by atoms with Gasteiger partial charge in [0.25, 0.3) is 5.91 Å². The summed E-state index contributed by atoms with van der Waals surface area (Å²) in [4.78, 5) is 26.8. The summed E-state index contributed by atoms with van der Waals surface area (Å²) in [6, 6.07) is 3.78. The summed E-state index contributed by atoms with van der Waals surface area (Å²) in [5.41, 5.74) is 3.57. The van der Waals surface area contributed by atoms with Crippen molar-refractivity contribution in [2.24, 2.45) is 5.92 Å². The highest BCUT2D eigenvalue weighted by Gasteiger charge is 2.52. The molecule has 1 aliphatic carbocycles. The van der Waals surface area contributed by atoms with Crippen LogP contribution in [0.3, 0.4) is 0 Å². The van der Waals surface area contributed by atoms with Gasteiger partial charge in [-0.1, -0.05) is 6.07 Å². The average molecular weight is 399 g/mol. The van der Waals surface area contributed by atoms with Crippen molar-refractivity contribution in [3.63, 3.8) is 0 Å². The van der Waals surface area contributed by atoms with E-state index < -0.39 is 35.4 Å². The number of likely N-dealkylation sites (tertiary alicyclic amines) is 1. The minimum absolute atomic E-state index is 0.0147. The first-order valence-electron chi connectivity index (χ1n) is 9.20. The van der Waals surface area contributed by atoms with Gasteiger partial charge in [0.05, 0.1) is 11.3 Å². The maximum Gasteiger partial charge on any atom is 0.416 e. The van der Waals surface area contributed by atoms with Crippen molar-refractivity contribution >= 4 is 17.7 Å². The Labute approximate surface area is 161 Å². The Balaban J connectivity index is 1.68. The first-order chi connectivity index (χ1) is 13.0. The van der Waals surface area contributed by atoms with Gasteiger partial charge in [0.1, 0.15) is 11.6 Å². The van der Waals surface area contributed by atoms with E-state index in [9.17, 15) is 22.8 Å². The molecule has 3 atom stereocenters. The minimum atomic E-state index is -4.47. The third-order valence-electron chi connectivity index (χ3n) is 4.98. The second-order valence-corrected chi connectivity index (χ2v) is 8.25. The van der Waals surface area contributed by atoms with E-state index in [1.807, 2.05) is 0 Å². The second kappa shape index (κ2) is 7.18. The molecule has 0 spiro atoms. The Morgan fingerprint density at radius 1 is 1.18 bits per heavy atom. The molecule has 6 nitrogen and oxygen atoms in total. The zero-order valence-electron chi connectivity index (χ0n) is 16.0. The summed E-state index contributed by atoms with van der Waals surface area (Å²) >= 11 is 0. The van der Waals surface area contributed by atoms with Crippen LogP contribution in [0.15, 0.2) is 24.3 Å². The van der Waals surface area contributed by atoms with Crippen LogP contribution < -0.4 is 10.9 Å². The van der Waals surface area contributed by atoms with Gasteiger partial charge in [-0.15, -0.1) is 0 Å². The molecule has 154 valence electrons. The summed E-state index contributed by atoms with van der Waals surface area (Å²) in [7, 11) is 0. The molecule has 1 saturated heterocycles. The molecule has 2 fully saturated rings. The Morgan fingerprint density at radius 3 is 2.54 bits per heavy atom. The van der Waals surface area contributed by atoms with Crippen molar-refractivity contribution in [2.75, 3.05) is 5.43 Å². The Bertz CT molecular complexity index is 761. The molecule has 1 saturated carbocycles. The molecule has 3 unspecified atom stereocenters. The summed E-state index contributed by atoms with van der Waals surface area (Å²) in [5.74, 6) is -0.448. The number of nitrogens with zero attached hydrogens (tertiary/aromatic N) is 1. The van der Waals surface area contributed by atoms with Crippen molar-refractivity contribution in [3.8, 4) is 0 Å². The molecule has 0 aromatic heterocycles. The van der Waals surface area contributed by atoms with Crippen LogP contribution in [0.5, 0.6) is 0 Å². The third-order valence-corrected chi connectivity index (χ3v) is 4.98. The van der Waals surface area contributed by atoms with Gasteiger partial charge in [-0.25, -0.2) is 4.79 Å². The van der Waals surface area contributed by atoms with Gasteiger partial charge in [-0.2, -0.15) is 13.2 Å². The number of nitrogens with one attached hydrogen (secondary N) is 2. The lowest BCUT2D eigenvalue weighted by molar-refractivity contribution is -0.137. The summed E-state index contributed by atoms with van der Waals surface area (Å²) in [5, 5.41) is 0. The lowest BCUT2D eigenvalue weighted by atomic mass is 9.98. The van der Waals surface area contributed by atoms with Crippen molar-refractivity contribution in [1.82, 2.24) is 10.3 Å². The second-order valence-electron chi connectivity index (χ2n) is 8.25. The number of halogens is 3. The molecule has 2 aliphatic rings. The van der Waals surface area contributed by atoms with Crippen molar-refractivity contribution in [3.05, 3.63) is 29.8 Å². The van der Waals surface area contributed by atoms with Gasteiger partial charge < -0.3 is 4.74 Å². The van der Waals surface area contributed by atoms with Crippen LogP contribution >= 0.6 is 0 Å². The van der Waals surface area contributed by atoms with E-state index in [0.29, 0.717) is 0 Å². The number of carbonyl (C=O) groups is 2. The molecule has 2 bridgehead atoms. The van der Waals surface area contributed by atoms with Crippen LogP contribution in [0.25, 0.3) is 0 Å². The number of benzene rings is 1. The zero-order valence-corrected chi connectivity index (χ0v) is 16.0. The molecule has 1 aromatic carbocycles. The summed E-state index contributed by atoms with van der Waals surface area (Å²) in [6.45, 7) is 5.26. The molecule has 2 N–H and O–H groups in total. The molecule has 1 heterocycles. The molecular weight excluding hydrogens is 375 g/mol. The highest BCUT2D eigenvalue weighted by molar-refractivity contribution is 5.88. The van der Waals surface area contributed by atoms with E-state index in [4.69, 9.17) is 4.74 Å². The lowest BCUT2D eigenvalue weighted by Gasteiger charge is -2.35. The molecule has 28 heavy (non-hydrogen) atoms. The normalized spacial score (nSPS) is 24.2. The summed E-state index contributed by atoms with van der Waals surface area (Å²) in [6.07, 6.45) is -2.65. The largest absolute Gasteiger partial charge is 0.444 e. The molecule has 1 aromatic rings. The lowest BCUT2D eigenvalue weighted by Crippen LogP contribution is -2.54. The zero-order chi connectivity index (χ0) is 20.7. The fourth-order valence-corrected chi connectivity index (χ4v) is 3.88. The van der Waals surface area contributed by atoms with Gasteiger partial charge in [-0.3, -0.25) is 20.5 Å². The molecule has 2 amide bonds. The van der Waals surface area contributed by atoms with Crippen LogP contribution in [0.2, 0.25) is 0 Å². The minimum Gasteiger partial charge on any atom is -0.444 e. The van der Waals surface area contributed by atoms with E-state index in [0.717, 1.165) is 31.4 Å². The molecule has 3 rings (SSSR count). The van der Waals surface area contributed by atoms with Gasteiger partial charge >= 0.3 is 12.3 Å². The number of fused-ring (bicyclic) bond motifs is 2. The number of anilines is 1. The maximum atomic E-state index is 12.8. The molecule has 1 aliphatic heterocycles. The van der Waals surface area contributed by atoms with Crippen LogP contribution in [0, 0.1) is 5.92 Å². The monoisotopic (exact) mass is 399 g/mol. The first kappa shape index (κ1) is 20.3. The third kappa shape index (κ3) is 4.34. The van der Waals surface area contributed by atoms with E-state index in [1.165, 1.54) is 17.0 Å². The number of piperidine rings is 1. The van der Waals surface area contributed by atoms with Gasteiger partial charge in [0.2, 0.25) is 0 Å². The number of rotatable bonds is 3. The number of hydrazine groups is 1. The van der Waals surface area contributed by atoms with E-state index >= 15 is 0 Å². The number of alkyl halides is 3. The average Bonchev–Trinajstić information content (AvgIpc) is 3.19. The van der Waals surface area contributed by atoms with Gasteiger partial charge in [0, 0.05) is 6.04 Å². The highest BCUT2D eigenvalue weighted by atomic mass is 19.4. The number of hydrogen-bond donors (Lipinski definition) is 2. The number of amides is 2. The fourth-order valence-electron chi connectivity index (χ4n) is 3.88. The molecular formula is C19H24F3N3O3. The predicted molar refractivity (Wildman–Crippen MR) is 96.2 cm³/mol. The van der Waals surface area contributed by atoms with Crippen LogP contribution in [-0.4, -0.2) is 34.6 Å². The molecule has 0 radical (unpaired) electrons. The van der Waals surface area contributed by atoms with Crippen LogP contribution in [0.1, 0.15) is 45.6 Å². The van der Waals surface area contributed by atoms with Crippen molar-refractivity contribution < 1.29 is 27.5 Å². The number of ether oxygens (including phenoxy) is 1. The Kier molecular flexibility index (Phi) is 5.20. The Hall–Kier alpha value is -2.45. The number of hydrogen-bond acceptors (Lipinski definition) is 4. The smallest absolute Gasteiger partial charge is 0.416 e. The van der Waals surface area contributed by atoms with Crippen LogP contribution in [-0.2, 0) is 15.7 Å². The Morgan fingerprint density at radius 2 is 1.89 bits per heavy atom. The van der Waals surface area contributed by atoms with E-state index in [-0.39, 0.29) is 17.6 Å². The van der Waals surface area contributed by atoms with Gasteiger partial charge in [-0.05, 0) is 64.2 Å². The van der Waals surface area contributed by atoms with Crippen LogP contribution in [0.4, 0.5) is 23.7 Å². The fraction of sp³-hybridized carbons (Fsp3) is 0.579. The quantitative estimate of drug-likeness (QED) is 0.756. The van der Waals surface area contributed by atoms with Gasteiger partial charge in [0.15, 0.2) is 0 Å². The highest BCUT2D eigenvalue weighted by Crippen LogP contribution is 2.43. The number of carbonyl (C=O) groups excluding carboxylic acids is 2.